The fourth-order valence-electron chi connectivity index (χ4n) is 1.69. The van der Waals surface area contributed by atoms with Gasteiger partial charge in [0.1, 0.15) is 28.3 Å². The van der Waals surface area contributed by atoms with Gasteiger partial charge in [-0.25, -0.2) is 18.7 Å². The van der Waals surface area contributed by atoms with Crippen LogP contribution in [0, 0.1) is 11.6 Å². The molecule has 0 saturated heterocycles. The molecule has 0 bridgehead atoms. The van der Waals surface area contributed by atoms with E-state index in [4.69, 9.17) is 0 Å². The largest absolute Gasteiger partial charge is 0.370 e. The molecule has 3 nitrogen and oxygen atoms in total. The van der Waals surface area contributed by atoms with Gasteiger partial charge >= 0.3 is 0 Å². The van der Waals surface area contributed by atoms with Crippen molar-refractivity contribution in [2.75, 3.05) is 11.9 Å². The molecule has 1 aromatic carbocycles. The molecule has 6 heteroatoms. The molecule has 1 N–H and O–H groups in total. The summed E-state index contributed by atoms with van der Waals surface area (Å²) in [7, 11) is 0. The summed E-state index contributed by atoms with van der Waals surface area (Å²) in [5.41, 5.74) is 0. The van der Waals surface area contributed by atoms with Gasteiger partial charge in [0.25, 0.3) is 0 Å². The topological polar surface area (TPSA) is 37.8 Å². The first-order chi connectivity index (χ1) is 10.1. The summed E-state index contributed by atoms with van der Waals surface area (Å²) >= 11 is 1.10. The van der Waals surface area contributed by atoms with Gasteiger partial charge in [0, 0.05) is 19.0 Å². The van der Waals surface area contributed by atoms with Crippen LogP contribution in [0.25, 0.3) is 0 Å². The lowest BCUT2D eigenvalue weighted by molar-refractivity contribution is 0.577. The molecule has 0 radical (unpaired) electrons. The summed E-state index contributed by atoms with van der Waals surface area (Å²) in [4.78, 5) is 8.94. The Balaban J connectivity index is 2.27. The minimum atomic E-state index is -0.465. The van der Waals surface area contributed by atoms with Gasteiger partial charge in [-0.3, -0.25) is 0 Å². The number of halogens is 2. The van der Waals surface area contributed by atoms with Gasteiger partial charge in [0.15, 0.2) is 0 Å². The van der Waals surface area contributed by atoms with Crippen molar-refractivity contribution in [1.29, 1.82) is 0 Å². The van der Waals surface area contributed by atoms with Crippen molar-refractivity contribution < 1.29 is 8.78 Å². The molecule has 1 aromatic heterocycles. The van der Waals surface area contributed by atoms with Crippen LogP contribution < -0.4 is 5.32 Å². The lowest BCUT2D eigenvalue weighted by atomic mass is 10.3. The molecule has 2 aromatic rings. The Labute approximate surface area is 127 Å². The fourth-order valence-corrected chi connectivity index (χ4v) is 2.58. The summed E-state index contributed by atoms with van der Waals surface area (Å²) in [5, 5.41) is 3.79. The van der Waals surface area contributed by atoms with E-state index < -0.39 is 11.6 Å². The SMILES string of the molecule is CCCNc1cc(Sc2cc(F)ccc2F)nc(CC)n1. The Kier molecular flexibility index (Phi) is 5.50. The van der Waals surface area contributed by atoms with Crippen molar-refractivity contribution in [2.24, 2.45) is 0 Å². The third-order valence-electron chi connectivity index (χ3n) is 2.73. The number of benzene rings is 1. The first kappa shape index (κ1) is 15.7. The highest BCUT2D eigenvalue weighted by Gasteiger charge is 2.09. The maximum atomic E-state index is 13.7. The second-order valence-electron chi connectivity index (χ2n) is 4.46. The van der Waals surface area contributed by atoms with E-state index >= 15 is 0 Å². The smallest absolute Gasteiger partial charge is 0.137 e. The number of rotatable bonds is 6. The highest BCUT2D eigenvalue weighted by atomic mass is 32.2. The van der Waals surface area contributed by atoms with Crippen LogP contribution in [0.2, 0.25) is 0 Å². The number of nitrogens with zero attached hydrogens (tertiary/aromatic N) is 2. The van der Waals surface area contributed by atoms with Gasteiger partial charge in [-0.2, -0.15) is 0 Å². The number of aromatic nitrogens is 2. The molecular formula is C15H17F2N3S. The van der Waals surface area contributed by atoms with E-state index in [-0.39, 0.29) is 4.90 Å². The van der Waals surface area contributed by atoms with Crippen molar-refractivity contribution in [3.05, 3.63) is 41.7 Å². The first-order valence-electron chi connectivity index (χ1n) is 6.87. The summed E-state index contributed by atoms with van der Waals surface area (Å²) in [6.07, 6.45) is 1.66. The summed E-state index contributed by atoms with van der Waals surface area (Å²) < 4.78 is 26.9. The molecule has 0 fully saturated rings. The van der Waals surface area contributed by atoms with E-state index in [9.17, 15) is 8.78 Å². The van der Waals surface area contributed by atoms with Crippen LogP contribution in [0.15, 0.2) is 34.2 Å². The van der Waals surface area contributed by atoms with Crippen molar-refractivity contribution in [2.45, 2.75) is 36.6 Å². The quantitative estimate of drug-likeness (QED) is 0.808. The number of anilines is 1. The van der Waals surface area contributed by atoms with Crippen LogP contribution in [0.4, 0.5) is 14.6 Å². The molecule has 112 valence electrons. The van der Waals surface area contributed by atoms with Crippen LogP contribution in [0.1, 0.15) is 26.1 Å². The highest BCUT2D eigenvalue weighted by Crippen LogP contribution is 2.30. The minimum Gasteiger partial charge on any atom is -0.370 e. The normalized spacial score (nSPS) is 10.7. The Morgan fingerprint density at radius 2 is 1.95 bits per heavy atom. The third kappa shape index (κ3) is 4.39. The molecule has 2 rings (SSSR count). The molecule has 0 aliphatic carbocycles. The van der Waals surface area contributed by atoms with Crippen molar-refractivity contribution in [3.8, 4) is 0 Å². The van der Waals surface area contributed by atoms with E-state index in [1.165, 1.54) is 6.07 Å². The molecule has 0 unspecified atom stereocenters. The average molecular weight is 309 g/mol. The number of hydrogen-bond acceptors (Lipinski definition) is 4. The van der Waals surface area contributed by atoms with E-state index in [0.717, 1.165) is 36.9 Å². The van der Waals surface area contributed by atoms with Crippen LogP contribution in [-0.4, -0.2) is 16.5 Å². The second kappa shape index (κ2) is 7.36. The fraction of sp³-hybridized carbons (Fsp3) is 0.333. The lowest BCUT2D eigenvalue weighted by Crippen LogP contribution is -2.05. The Morgan fingerprint density at radius 3 is 2.67 bits per heavy atom. The van der Waals surface area contributed by atoms with Crippen LogP contribution >= 0.6 is 11.8 Å². The van der Waals surface area contributed by atoms with Gasteiger partial charge in [-0.1, -0.05) is 25.6 Å². The summed E-state index contributed by atoms with van der Waals surface area (Å²) in [6.45, 7) is 4.82. The van der Waals surface area contributed by atoms with Gasteiger partial charge in [0.2, 0.25) is 0 Å². The van der Waals surface area contributed by atoms with Crippen LogP contribution in [0.5, 0.6) is 0 Å². The predicted octanol–water partition coefficient (Wildman–Crippen LogP) is 4.29. The molecule has 0 spiro atoms. The zero-order chi connectivity index (χ0) is 15.2. The summed E-state index contributed by atoms with van der Waals surface area (Å²) in [5.74, 6) is 0.465. The maximum absolute atomic E-state index is 13.7. The molecule has 1 heterocycles. The van der Waals surface area contributed by atoms with E-state index in [2.05, 4.69) is 22.2 Å². The maximum Gasteiger partial charge on any atom is 0.137 e. The van der Waals surface area contributed by atoms with Gasteiger partial charge in [-0.05, 0) is 24.6 Å². The van der Waals surface area contributed by atoms with E-state index in [1.807, 2.05) is 6.92 Å². The Morgan fingerprint density at radius 1 is 1.14 bits per heavy atom. The average Bonchev–Trinajstić information content (AvgIpc) is 2.48. The molecular weight excluding hydrogens is 292 g/mol. The van der Waals surface area contributed by atoms with Gasteiger partial charge in [0.05, 0.1) is 4.90 Å². The van der Waals surface area contributed by atoms with E-state index in [0.29, 0.717) is 23.1 Å². The zero-order valence-electron chi connectivity index (χ0n) is 12.0. The standard InChI is InChI=1S/C15H17F2N3S/c1-3-7-18-14-9-15(20-13(4-2)19-14)21-12-8-10(16)5-6-11(12)17/h5-6,8-9H,3-4,7H2,1-2H3,(H,18,19,20). The van der Waals surface area contributed by atoms with Crippen LogP contribution in [0.3, 0.4) is 0 Å². The number of hydrogen-bond donors (Lipinski definition) is 1. The van der Waals surface area contributed by atoms with Crippen molar-refractivity contribution in [3.63, 3.8) is 0 Å². The molecule has 0 atom stereocenters. The number of nitrogens with one attached hydrogen (secondary N) is 1. The molecule has 0 aliphatic heterocycles. The third-order valence-corrected chi connectivity index (χ3v) is 3.68. The number of aryl methyl sites for hydroxylation is 1. The first-order valence-corrected chi connectivity index (χ1v) is 7.68. The Bertz CT molecular complexity index is 620. The molecule has 0 saturated carbocycles. The van der Waals surface area contributed by atoms with E-state index in [1.54, 1.807) is 6.07 Å². The van der Waals surface area contributed by atoms with Crippen LogP contribution in [-0.2, 0) is 6.42 Å². The minimum absolute atomic E-state index is 0.220. The molecule has 0 aliphatic rings. The van der Waals surface area contributed by atoms with Gasteiger partial charge in [-0.15, -0.1) is 0 Å². The van der Waals surface area contributed by atoms with Crippen molar-refractivity contribution >= 4 is 17.6 Å². The highest BCUT2D eigenvalue weighted by molar-refractivity contribution is 7.99. The van der Waals surface area contributed by atoms with Gasteiger partial charge < -0.3 is 5.32 Å². The van der Waals surface area contributed by atoms with Crippen molar-refractivity contribution in [1.82, 2.24) is 9.97 Å². The Hall–Kier alpha value is -1.69. The molecule has 21 heavy (non-hydrogen) atoms. The lowest BCUT2D eigenvalue weighted by Gasteiger charge is -2.09. The molecule has 0 amide bonds. The monoisotopic (exact) mass is 309 g/mol. The second-order valence-corrected chi connectivity index (χ2v) is 5.53. The summed E-state index contributed by atoms with van der Waals surface area (Å²) in [6, 6.07) is 5.15. The zero-order valence-corrected chi connectivity index (χ0v) is 12.8. The predicted molar refractivity (Wildman–Crippen MR) is 80.7 cm³/mol.